The molecule has 2 aliphatic heterocycles. The highest BCUT2D eigenvalue weighted by Crippen LogP contribution is 2.25. The monoisotopic (exact) mass is 272 g/mol. The maximum absolute atomic E-state index is 12.5. The predicted molar refractivity (Wildman–Crippen MR) is 73.6 cm³/mol. The summed E-state index contributed by atoms with van der Waals surface area (Å²) < 4.78 is 11.4. The lowest BCUT2D eigenvalue weighted by Crippen LogP contribution is -2.46. The first-order valence-corrected chi connectivity index (χ1v) is 8.46. The van der Waals surface area contributed by atoms with Gasteiger partial charge in [-0.2, -0.15) is 0 Å². The van der Waals surface area contributed by atoms with Gasteiger partial charge >= 0.3 is 0 Å². The molecule has 3 atom stereocenters. The summed E-state index contributed by atoms with van der Waals surface area (Å²) in [6.07, 6.45) is 2.90. The third kappa shape index (κ3) is 2.62. The summed E-state index contributed by atoms with van der Waals surface area (Å²) in [5, 5.41) is 3.41. The third-order valence-electron chi connectivity index (χ3n) is 4.32. The first kappa shape index (κ1) is 14.0. The SMILES string of the molecule is CCC(C)C1NC(C)N(C2CCS(=O)CC2)C1=O. The molecule has 3 unspecified atom stereocenters. The molecule has 1 N–H and O–H groups in total. The van der Waals surface area contributed by atoms with E-state index in [2.05, 4.69) is 26.1 Å². The van der Waals surface area contributed by atoms with Gasteiger partial charge in [-0.1, -0.05) is 20.3 Å². The Morgan fingerprint density at radius 2 is 2.06 bits per heavy atom. The van der Waals surface area contributed by atoms with E-state index < -0.39 is 10.8 Å². The van der Waals surface area contributed by atoms with E-state index in [1.165, 1.54) is 0 Å². The van der Waals surface area contributed by atoms with Crippen LogP contribution in [0.1, 0.15) is 40.0 Å². The standard InChI is InChI=1S/C13H24N2O2S/c1-4-9(2)12-13(16)15(10(3)14-12)11-5-7-18(17)8-6-11/h9-12,14H,4-8H2,1-3H3. The van der Waals surface area contributed by atoms with Crippen molar-refractivity contribution in [2.75, 3.05) is 11.5 Å². The smallest absolute Gasteiger partial charge is 0.241 e. The zero-order chi connectivity index (χ0) is 13.3. The van der Waals surface area contributed by atoms with E-state index in [1.807, 2.05) is 4.90 Å². The van der Waals surface area contributed by atoms with Crippen LogP contribution >= 0.6 is 0 Å². The van der Waals surface area contributed by atoms with Gasteiger partial charge < -0.3 is 4.90 Å². The number of carbonyl (C=O) groups is 1. The Labute approximate surface area is 112 Å². The second-order valence-electron chi connectivity index (χ2n) is 5.53. The van der Waals surface area contributed by atoms with Crippen LogP contribution in [0.4, 0.5) is 0 Å². The Morgan fingerprint density at radius 1 is 1.44 bits per heavy atom. The molecule has 18 heavy (non-hydrogen) atoms. The van der Waals surface area contributed by atoms with E-state index in [9.17, 15) is 9.00 Å². The van der Waals surface area contributed by atoms with Gasteiger partial charge in [-0.3, -0.25) is 14.3 Å². The molecule has 0 aromatic heterocycles. The second-order valence-corrected chi connectivity index (χ2v) is 7.23. The minimum absolute atomic E-state index is 0.0302. The predicted octanol–water partition coefficient (Wildman–Crippen LogP) is 1.09. The zero-order valence-electron chi connectivity index (χ0n) is 11.5. The van der Waals surface area contributed by atoms with Crippen molar-refractivity contribution in [1.82, 2.24) is 10.2 Å². The Morgan fingerprint density at radius 3 is 2.61 bits per heavy atom. The molecule has 1 amide bonds. The first-order chi connectivity index (χ1) is 8.54. The van der Waals surface area contributed by atoms with Crippen LogP contribution in [0.15, 0.2) is 0 Å². The summed E-state index contributed by atoms with van der Waals surface area (Å²) in [4.78, 5) is 14.5. The highest BCUT2D eigenvalue weighted by Gasteiger charge is 2.42. The van der Waals surface area contributed by atoms with Crippen molar-refractivity contribution in [3.05, 3.63) is 0 Å². The molecule has 0 radical (unpaired) electrons. The van der Waals surface area contributed by atoms with Crippen LogP contribution in [-0.2, 0) is 15.6 Å². The first-order valence-electron chi connectivity index (χ1n) is 6.97. The zero-order valence-corrected chi connectivity index (χ0v) is 12.3. The van der Waals surface area contributed by atoms with Gasteiger partial charge in [0.2, 0.25) is 5.91 Å². The summed E-state index contributed by atoms with van der Waals surface area (Å²) in [5.41, 5.74) is 0. The van der Waals surface area contributed by atoms with Crippen LogP contribution in [0.5, 0.6) is 0 Å². The Kier molecular flexibility index (Phi) is 4.43. The van der Waals surface area contributed by atoms with Gasteiger partial charge in [0.15, 0.2) is 0 Å². The summed E-state index contributed by atoms with van der Waals surface area (Å²) in [6, 6.07) is 0.254. The third-order valence-corrected chi connectivity index (χ3v) is 5.70. The number of hydrogen-bond acceptors (Lipinski definition) is 3. The molecule has 2 fully saturated rings. The molecule has 0 saturated carbocycles. The molecule has 0 aromatic rings. The number of nitrogens with zero attached hydrogens (tertiary/aromatic N) is 1. The maximum Gasteiger partial charge on any atom is 0.241 e. The normalized spacial score (nSPS) is 39.1. The number of hydrogen-bond donors (Lipinski definition) is 1. The molecule has 4 nitrogen and oxygen atoms in total. The van der Waals surface area contributed by atoms with Crippen molar-refractivity contribution < 1.29 is 9.00 Å². The molecule has 2 heterocycles. The van der Waals surface area contributed by atoms with E-state index >= 15 is 0 Å². The number of rotatable bonds is 3. The van der Waals surface area contributed by atoms with E-state index in [1.54, 1.807) is 0 Å². The van der Waals surface area contributed by atoms with Gasteiger partial charge in [0.1, 0.15) is 0 Å². The summed E-state index contributed by atoms with van der Waals surface area (Å²) in [6.45, 7) is 6.31. The van der Waals surface area contributed by atoms with Gasteiger partial charge in [0.25, 0.3) is 0 Å². The Bertz CT molecular complexity index is 338. The molecule has 2 saturated heterocycles. The largest absolute Gasteiger partial charge is 0.323 e. The minimum Gasteiger partial charge on any atom is -0.323 e. The molecule has 2 rings (SSSR count). The number of amides is 1. The van der Waals surface area contributed by atoms with Crippen molar-refractivity contribution in [2.45, 2.75) is 58.3 Å². The quantitative estimate of drug-likeness (QED) is 0.837. The second kappa shape index (κ2) is 5.70. The Balaban J connectivity index is 2.04. The van der Waals surface area contributed by atoms with Gasteiger partial charge in [-0.15, -0.1) is 0 Å². The lowest BCUT2D eigenvalue weighted by atomic mass is 9.99. The summed E-state index contributed by atoms with van der Waals surface area (Å²) in [5.74, 6) is 2.11. The van der Waals surface area contributed by atoms with E-state index in [0.717, 1.165) is 30.8 Å². The molecule has 0 bridgehead atoms. The molecule has 2 aliphatic rings. The van der Waals surface area contributed by atoms with Gasteiger partial charge in [-0.05, 0) is 25.7 Å². The van der Waals surface area contributed by atoms with Crippen molar-refractivity contribution in [3.8, 4) is 0 Å². The fourth-order valence-electron chi connectivity index (χ4n) is 2.96. The van der Waals surface area contributed by atoms with E-state index in [4.69, 9.17) is 0 Å². The van der Waals surface area contributed by atoms with E-state index in [0.29, 0.717) is 5.92 Å². The highest BCUT2D eigenvalue weighted by molar-refractivity contribution is 7.85. The molecular weight excluding hydrogens is 248 g/mol. The average molecular weight is 272 g/mol. The maximum atomic E-state index is 12.5. The fraction of sp³-hybridized carbons (Fsp3) is 0.923. The molecule has 5 heteroatoms. The Hall–Kier alpha value is -0.420. The topological polar surface area (TPSA) is 49.4 Å². The number of carbonyl (C=O) groups excluding carboxylic acids is 1. The van der Waals surface area contributed by atoms with Crippen LogP contribution < -0.4 is 5.32 Å². The minimum atomic E-state index is -0.661. The summed E-state index contributed by atoms with van der Waals surface area (Å²) in [7, 11) is -0.661. The average Bonchev–Trinajstić information content (AvgIpc) is 2.65. The van der Waals surface area contributed by atoms with Gasteiger partial charge in [0.05, 0.1) is 12.2 Å². The van der Waals surface area contributed by atoms with Crippen molar-refractivity contribution in [3.63, 3.8) is 0 Å². The molecule has 104 valence electrons. The van der Waals surface area contributed by atoms with Crippen LogP contribution in [0.2, 0.25) is 0 Å². The van der Waals surface area contributed by atoms with Gasteiger partial charge in [0, 0.05) is 28.3 Å². The van der Waals surface area contributed by atoms with Crippen molar-refractivity contribution in [1.29, 1.82) is 0 Å². The highest BCUT2D eigenvalue weighted by atomic mass is 32.2. The van der Waals surface area contributed by atoms with Crippen LogP contribution in [0.25, 0.3) is 0 Å². The van der Waals surface area contributed by atoms with Crippen LogP contribution in [0.3, 0.4) is 0 Å². The van der Waals surface area contributed by atoms with Crippen molar-refractivity contribution >= 4 is 16.7 Å². The molecule has 0 spiro atoms. The summed E-state index contributed by atoms with van der Waals surface area (Å²) >= 11 is 0. The van der Waals surface area contributed by atoms with Crippen LogP contribution in [-0.4, -0.2) is 44.8 Å². The lowest BCUT2D eigenvalue weighted by molar-refractivity contribution is -0.133. The fourth-order valence-corrected chi connectivity index (χ4v) is 4.24. The van der Waals surface area contributed by atoms with E-state index in [-0.39, 0.29) is 24.2 Å². The lowest BCUT2D eigenvalue weighted by Gasteiger charge is -2.33. The molecular formula is C13H24N2O2S. The van der Waals surface area contributed by atoms with Crippen LogP contribution in [0, 0.1) is 5.92 Å². The van der Waals surface area contributed by atoms with Crippen molar-refractivity contribution in [2.24, 2.45) is 5.92 Å². The van der Waals surface area contributed by atoms with Gasteiger partial charge in [-0.25, -0.2) is 0 Å². The number of nitrogens with one attached hydrogen (secondary N) is 1. The molecule has 0 aliphatic carbocycles. The molecule has 0 aromatic carbocycles.